The Bertz CT molecular complexity index is 180. The van der Waals surface area contributed by atoms with E-state index in [0.717, 1.165) is 32.7 Å². The summed E-state index contributed by atoms with van der Waals surface area (Å²) in [6.07, 6.45) is 4.06. The molecule has 0 aromatic carbocycles. The number of hydrogen-bond acceptors (Lipinski definition) is 4. The highest BCUT2D eigenvalue weighted by Crippen LogP contribution is 1.90. The Morgan fingerprint density at radius 2 is 1.88 bits per heavy atom. The van der Waals surface area contributed by atoms with Gasteiger partial charge in [-0.15, -0.1) is 0 Å². The number of unbranched alkanes of at least 4 members (excludes halogenated alkanes) is 1. The van der Waals surface area contributed by atoms with Crippen LogP contribution in [-0.2, 0) is 0 Å². The average molecular weight is 228 g/mol. The van der Waals surface area contributed by atoms with E-state index in [1.807, 2.05) is 6.92 Å². The smallest absolute Gasteiger partial charge is 0.0179 e. The van der Waals surface area contributed by atoms with Gasteiger partial charge in [0.1, 0.15) is 0 Å². The molecule has 0 aromatic heterocycles. The van der Waals surface area contributed by atoms with E-state index in [4.69, 9.17) is 11.5 Å². The lowest BCUT2D eigenvalue weighted by atomic mass is 10.2. The molecule has 0 bridgehead atoms. The Kier molecular flexibility index (Phi) is 10.5. The predicted octanol–water partition coefficient (Wildman–Crippen LogP) is 0.403. The summed E-state index contributed by atoms with van der Waals surface area (Å²) in [6, 6.07) is 0. The minimum absolute atomic E-state index is 0.579. The molecule has 0 heterocycles. The van der Waals surface area contributed by atoms with Gasteiger partial charge in [0.15, 0.2) is 0 Å². The van der Waals surface area contributed by atoms with E-state index < -0.39 is 0 Å². The molecule has 0 radical (unpaired) electrons. The van der Waals surface area contributed by atoms with E-state index in [0.29, 0.717) is 5.92 Å². The van der Waals surface area contributed by atoms with Gasteiger partial charge in [-0.05, 0) is 63.6 Å². The molecule has 4 nitrogen and oxygen atoms in total. The summed E-state index contributed by atoms with van der Waals surface area (Å²) >= 11 is 0. The molecule has 6 N–H and O–H groups in total. The first kappa shape index (κ1) is 15.4. The van der Waals surface area contributed by atoms with E-state index in [-0.39, 0.29) is 0 Å². The minimum Gasteiger partial charge on any atom is -0.405 e. The second-order valence-corrected chi connectivity index (χ2v) is 4.44. The summed E-state index contributed by atoms with van der Waals surface area (Å²) in [5.74, 6) is 0.579. The zero-order valence-electron chi connectivity index (χ0n) is 10.8. The second-order valence-electron chi connectivity index (χ2n) is 4.44. The molecule has 1 unspecified atom stereocenters. The molecule has 16 heavy (non-hydrogen) atoms. The van der Waals surface area contributed by atoms with Crippen LogP contribution in [0, 0.1) is 5.92 Å². The van der Waals surface area contributed by atoms with Crippen molar-refractivity contribution in [2.24, 2.45) is 17.4 Å². The van der Waals surface area contributed by atoms with Gasteiger partial charge in [0, 0.05) is 6.54 Å². The van der Waals surface area contributed by atoms with Crippen molar-refractivity contribution < 1.29 is 0 Å². The van der Waals surface area contributed by atoms with Gasteiger partial charge in [-0.1, -0.05) is 6.92 Å². The molecule has 0 fully saturated rings. The molecule has 96 valence electrons. The van der Waals surface area contributed by atoms with Gasteiger partial charge in [0.25, 0.3) is 0 Å². The van der Waals surface area contributed by atoms with Gasteiger partial charge in [-0.3, -0.25) is 0 Å². The maximum atomic E-state index is 5.53. The second kappa shape index (κ2) is 10.9. The first-order chi connectivity index (χ1) is 7.70. The van der Waals surface area contributed by atoms with E-state index in [9.17, 15) is 0 Å². The summed E-state index contributed by atoms with van der Waals surface area (Å²) in [5, 5.41) is 6.76. The maximum Gasteiger partial charge on any atom is 0.0179 e. The molecular weight excluding hydrogens is 200 g/mol. The van der Waals surface area contributed by atoms with Crippen LogP contribution >= 0.6 is 0 Å². The van der Waals surface area contributed by atoms with Crippen molar-refractivity contribution in [2.75, 3.05) is 32.7 Å². The Morgan fingerprint density at radius 3 is 2.44 bits per heavy atom. The van der Waals surface area contributed by atoms with Crippen molar-refractivity contribution >= 4 is 0 Å². The molecule has 0 saturated heterocycles. The van der Waals surface area contributed by atoms with Gasteiger partial charge < -0.3 is 22.1 Å². The summed E-state index contributed by atoms with van der Waals surface area (Å²) in [5.41, 5.74) is 12.1. The normalized spacial score (nSPS) is 14.1. The van der Waals surface area contributed by atoms with Crippen LogP contribution in [0.25, 0.3) is 0 Å². The minimum atomic E-state index is 0.579. The quantitative estimate of drug-likeness (QED) is 0.408. The van der Waals surface area contributed by atoms with Crippen LogP contribution < -0.4 is 22.1 Å². The van der Waals surface area contributed by atoms with Crippen molar-refractivity contribution in [1.29, 1.82) is 0 Å². The molecule has 0 saturated carbocycles. The van der Waals surface area contributed by atoms with Gasteiger partial charge in [-0.2, -0.15) is 0 Å². The molecular formula is C12H28N4. The highest BCUT2D eigenvalue weighted by Gasteiger charge is 1.96. The highest BCUT2D eigenvalue weighted by atomic mass is 14.9. The fraction of sp³-hybridized carbons (Fsp3) is 0.833. The number of nitrogens with two attached hydrogens (primary N) is 2. The Balaban J connectivity index is 3.10. The van der Waals surface area contributed by atoms with E-state index in [1.54, 1.807) is 6.20 Å². The van der Waals surface area contributed by atoms with Crippen LogP contribution in [0.2, 0.25) is 0 Å². The maximum absolute atomic E-state index is 5.53. The van der Waals surface area contributed by atoms with Crippen LogP contribution in [0.1, 0.15) is 26.7 Å². The lowest BCUT2D eigenvalue weighted by Crippen LogP contribution is -2.27. The first-order valence-electron chi connectivity index (χ1n) is 6.19. The third kappa shape index (κ3) is 9.96. The third-order valence-electron chi connectivity index (χ3n) is 2.54. The predicted molar refractivity (Wildman–Crippen MR) is 71.1 cm³/mol. The molecule has 0 spiro atoms. The van der Waals surface area contributed by atoms with Crippen LogP contribution in [-0.4, -0.2) is 32.7 Å². The van der Waals surface area contributed by atoms with Gasteiger partial charge in [0.2, 0.25) is 0 Å². The van der Waals surface area contributed by atoms with Crippen LogP contribution in [0.4, 0.5) is 0 Å². The van der Waals surface area contributed by atoms with Crippen molar-refractivity contribution in [1.82, 2.24) is 10.6 Å². The number of rotatable bonds is 10. The van der Waals surface area contributed by atoms with Crippen molar-refractivity contribution in [3.63, 3.8) is 0 Å². The molecule has 0 aliphatic rings. The topological polar surface area (TPSA) is 76.1 Å². The summed E-state index contributed by atoms with van der Waals surface area (Å²) in [6.45, 7) is 9.02. The van der Waals surface area contributed by atoms with Gasteiger partial charge in [-0.25, -0.2) is 0 Å². The Hall–Kier alpha value is -0.580. The number of nitrogens with one attached hydrogen (secondary N) is 2. The largest absolute Gasteiger partial charge is 0.405 e. The van der Waals surface area contributed by atoms with E-state index in [2.05, 4.69) is 17.6 Å². The third-order valence-corrected chi connectivity index (χ3v) is 2.54. The molecule has 0 aromatic rings. The van der Waals surface area contributed by atoms with Crippen LogP contribution in [0.5, 0.6) is 0 Å². The molecule has 0 aliphatic carbocycles. The summed E-state index contributed by atoms with van der Waals surface area (Å²) < 4.78 is 0. The summed E-state index contributed by atoms with van der Waals surface area (Å²) in [4.78, 5) is 0. The average Bonchev–Trinajstić information content (AvgIpc) is 2.31. The lowest BCUT2D eigenvalue weighted by molar-refractivity contribution is 0.507. The van der Waals surface area contributed by atoms with Crippen molar-refractivity contribution in [3.05, 3.63) is 11.8 Å². The van der Waals surface area contributed by atoms with Gasteiger partial charge in [0.05, 0.1) is 0 Å². The monoisotopic (exact) mass is 228 g/mol. The molecule has 1 atom stereocenters. The molecule has 0 rings (SSSR count). The molecule has 0 aliphatic heterocycles. The Morgan fingerprint density at radius 1 is 1.25 bits per heavy atom. The number of hydrogen-bond donors (Lipinski definition) is 4. The standard InChI is InChI=1S/C12H28N4/c1-11(7-13)9-15-5-3-4-6-16-10-12(2)8-14/h7,12,15-16H,3-6,8-10,13-14H2,1-2H3. The summed E-state index contributed by atoms with van der Waals surface area (Å²) in [7, 11) is 0. The zero-order chi connectivity index (χ0) is 12.2. The SMILES string of the molecule is CC(=CN)CNCCCCNCC(C)CN. The van der Waals surface area contributed by atoms with Crippen LogP contribution in [0.15, 0.2) is 11.8 Å². The Labute approximate surface area is 99.8 Å². The first-order valence-corrected chi connectivity index (χ1v) is 6.19. The van der Waals surface area contributed by atoms with Gasteiger partial charge >= 0.3 is 0 Å². The lowest BCUT2D eigenvalue weighted by Gasteiger charge is -2.10. The molecule has 0 amide bonds. The fourth-order valence-electron chi connectivity index (χ4n) is 1.28. The zero-order valence-corrected chi connectivity index (χ0v) is 10.8. The van der Waals surface area contributed by atoms with E-state index >= 15 is 0 Å². The fourth-order valence-corrected chi connectivity index (χ4v) is 1.28. The van der Waals surface area contributed by atoms with Crippen LogP contribution in [0.3, 0.4) is 0 Å². The van der Waals surface area contributed by atoms with E-state index in [1.165, 1.54) is 18.4 Å². The van der Waals surface area contributed by atoms with Crippen molar-refractivity contribution in [3.8, 4) is 0 Å². The highest BCUT2D eigenvalue weighted by molar-refractivity contribution is 4.96. The van der Waals surface area contributed by atoms with Crippen molar-refractivity contribution in [2.45, 2.75) is 26.7 Å². The molecule has 4 heteroatoms.